The van der Waals surface area contributed by atoms with E-state index in [-0.39, 0.29) is 11.1 Å². The molecule has 3 aromatic rings. The Labute approximate surface area is 228 Å². The van der Waals surface area contributed by atoms with Gasteiger partial charge in [-0.3, -0.25) is 14.9 Å². The van der Waals surface area contributed by atoms with Crippen LogP contribution in [0.25, 0.3) is 11.0 Å². The van der Waals surface area contributed by atoms with E-state index in [2.05, 4.69) is 29.5 Å². The van der Waals surface area contributed by atoms with Gasteiger partial charge < -0.3 is 14.0 Å². The number of hydrogen-bond donors (Lipinski definition) is 1. The Kier molecular flexibility index (Phi) is 8.27. The third-order valence-electron chi connectivity index (χ3n) is 7.65. The van der Waals surface area contributed by atoms with Crippen molar-refractivity contribution in [1.29, 1.82) is 0 Å². The lowest BCUT2D eigenvalue weighted by Crippen LogP contribution is -2.31. The summed E-state index contributed by atoms with van der Waals surface area (Å²) in [4.78, 5) is 23.8. The van der Waals surface area contributed by atoms with Gasteiger partial charge in [0.15, 0.2) is 5.58 Å². The SMILES string of the molecule is CCCc1c(OCCCOc2ccc(C3(C)SC(=O)NC3=O)cc2)ccc2c(CC3CCCCC3)noc12. The molecule has 1 atom stereocenters. The number of aryl methyl sites for hydroxylation is 1. The van der Waals surface area contributed by atoms with E-state index >= 15 is 0 Å². The summed E-state index contributed by atoms with van der Waals surface area (Å²) in [6.07, 6.45) is 10.2. The van der Waals surface area contributed by atoms with E-state index in [9.17, 15) is 9.59 Å². The number of rotatable bonds is 11. The van der Waals surface area contributed by atoms with Crippen molar-refractivity contribution < 1.29 is 23.6 Å². The number of carbonyl (C=O) groups excluding carboxylic acids is 2. The first-order chi connectivity index (χ1) is 18.5. The number of fused-ring (bicyclic) bond motifs is 1. The third kappa shape index (κ3) is 5.70. The summed E-state index contributed by atoms with van der Waals surface area (Å²) in [5.41, 5.74) is 3.83. The van der Waals surface area contributed by atoms with Crippen LogP contribution in [0.1, 0.15) is 75.6 Å². The summed E-state index contributed by atoms with van der Waals surface area (Å²) in [5, 5.41) is 7.63. The van der Waals surface area contributed by atoms with Gasteiger partial charge in [0.05, 0.1) is 18.9 Å². The standard InChI is InChI=1S/C30H36N2O5S/c1-3-8-24-26(16-15-23-25(32-37-27(23)24)19-20-9-5-4-6-10-20)36-18-7-17-35-22-13-11-21(12-14-22)30(2)28(33)31-29(34)38-30/h11-16,20H,3-10,17-19H2,1-2H3,(H,31,33,34). The zero-order valence-corrected chi connectivity index (χ0v) is 23.0. The molecule has 2 heterocycles. The molecule has 2 aliphatic rings. The van der Waals surface area contributed by atoms with Gasteiger partial charge in [0.2, 0.25) is 5.91 Å². The molecular weight excluding hydrogens is 500 g/mol. The molecular formula is C30H36N2O5S. The van der Waals surface area contributed by atoms with E-state index in [0.717, 1.165) is 71.0 Å². The van der Waals surface area contributed by atoms with Crippen LogP contribution in [0.15, 0.2) is 40.9 Å². The van der Waals surface area contributed by atoms with Gasteiger partial charge in [-0.1, -0.05) is 62.7 Å². The van der Waals surface area contributed by atoms with Crippen molar-refractivity contribution in [3.8, 4) is 11.5 Å². The van der Waals surface area contributed by atoms with Crippen molar-refractivity contribution in [3.63, 3.8) is 0 Å². The minimum absolute atomic E-state index is 0.287. The molecule has 38 heavy (non-hydrogen) atoms. The largest absolute Gasteiger partial charge is 0.493 e. The van der Waals surface area contributed by atoms with Gasteiger partial charge in [0, 0.05) is 17.4 Å². The molecule has 0 radical (unpaired) electrons. The molecule has 2 aromatic carbocycles. The first-order valence-electron chi connectivity index (χ1n) is 13.8. The predicted molar refractivity (Wildman–Crippen MR) is 149 cm³/mol. The van der Waals surface area contributed by atoms with Gasteiger partial charge in [-0.15, -0.1) is 0 Å². The van der Waals surface area contributed by atoms with Crippen LogP contribution in [-0.2, 0) is 22.4 Å². The summed E-state index contributed by atoms with van der Waals surface area (Å²) in [6.45, 7) is 4.95. The second-order valence-corrected chi connectivity index (χ2v) is 11.8. The number of amides is 2. The highest BCUT2D eigenvalue weighted by molar-refractivity contribution is 8.15. The zero-order valence-electron chi connectivity index (χ0n) is 22.2. The van der Waals surface area contributed by atoms with E-state index in [1.54, 1.807) is 6.92 Å². The first-order valence-corrected chi connectivity index (χ1v) is 14.6. The molecule has 0 spiro atoms. The van der Waals surface area contributed by atoms with E-state index in [0.29, 0.717) is 24.9 Å². The number of hydrogen-bond acceptors (Lipinski definition) is 7. The quantitative estimate of drug-likeness (QED) is 0.265. The predicted octanol–water partition coefficient (Wildman–Crippen LogP) is 6.95. The van der Waals surface area contributed by atoms with Crippen LogP contribution in [0, 0.1) is 5.92 Å². The number of carbonyl (C=O) groups is 2. The zero-order chi connectivity index (χ0) is 26.5. The van der Waals surface area contributed by atoms with Crippen LogP contribution < -0.4 is 14.8 Å². The van der Waals surface area contributed by atoms with E-state index in [1.165, 1.54) is 32.1 Å². The fraction of sp³-hybridized carbons (Fsp3) is 0.500. The number of nitrogens with zero attached hydrogens (tertiary/aromatic N) is 1. The Morgan fingerprint density at radius 3 is 2.53 bits per heavy atom. The fourth-order valence-corrected chi connectivity index (χ4v) is 6.40. The monoisotopic (exact) mass is 536 g/mol. The van der Waals surface area contributed by atoms with Crippen LogP contribution in [0.3, 0.4) is 0 Å². The lowest BCUT2D eigenvalue weighted by atomic mass is 9.85. The molecule has 1 saturated carbocycles. The number of aromatic nitrogens is 1. The van der Waals surface area contributed by atoms with Gasteiger partial charge in [0.1, 0.15) is 16.2 Å². The van der Waals surface area contributed by atoms with Crippen LogP contribution in [-0.4, -0.2) is 29.5 Å². The second kappa shape index (κ2) is 11.8. The number of benzene rings is 2. The first kappa shape index (κ1) is 26.6. The second-order valence-electron chi connectivity index (χ2n) is 10.5. The molecule has 1 unspecified atom stereocenters. The minimum Gasteiger partial charge on any atom is -0.493 e. The van der Waals surface area contributed by atoms with Crippen molar-refractivity contribution in [1.82, 2.24) is 10.5 Å². The number of imide groups is 1. The highest BCUT2D eigenvalue weighted by Crippen LogP contribution is 2.41. The van der Waals surface area contributed by atoms with Crippen molar-refractivity contribution in [2.75, 3.05) is 13.2 Å². The van der Waals surface area contributed by atoms with Crippen molar-refractivity contribution >= 4 is 33.9 Å². The maximum atomic E-state index is 12.2. The van der Waals surface area contributed by atoms with Crippen molar-refractivity contribution in [3.05, 3.63) is 53.2 Å². The average Bonchev–Trinajstić information content (AvgIpc) is 3.45. The van der Waals surface area contributed by atoms with Gasteiger partial charge in [0.25, 0.3) is 5.24 Å². The smallest absolute Gasteiger partial charge is 0.287 e. The van der Waals surface area contributed by atoms with E-state index in [4.69, 9.17) is 14.0 Å². The lowest BCUT2D eigenvalue weighted by molar-refractivity contribution is -0.121. The van der Waals surface area contributed by atoms with Gasteiger partial charge >= 0.3 is 0 Å². The molecule has 5 rings (SSSR count). The van der Waals surface area contributed by atoms with Crippen LogP contribution in [0.5, 0.6) is 11.5 Å². The maximum Gasteiger partial charge on any atom is 0.287 e. The molecule has 1 aliphatic carbocycles. The molecule has 1 aromatic heterocycles. The Balaban J connectivity index is 1.15. The third-order valence-corrected chi connectivity index (χ3v) is 8.76. The highest BCUT2D eigenvalue weighted by Gasteiger charge is 2.45. The summed E-state index contributed by atoms with van der Waals surface area (Å²) in [5.74, 6) is 2.00. The number of thioether (sulfide) groups is 1. The molecule has 8 heteroatoms. The van der Waals surface area contributed by atoms with E-state index in [1.807, 2.05) is 24.3 Å². The van der Waals surface area contributed by atoms with Crippen molar-refractivity contribution in [2.45, 2.75) is 76.4 Å². The summed E-state index contributed by atoms with van der Waals surface area (Å²) >= 11 is 1.00. The number of nitrogens with one attached hydrogen (secondary N) is 1. The highest BCUT2D eigenvalue weighted by atomic mass is 32.2. The molecule has 7 nitrogen and oxygen atoms in total. The molecule has 1 N–H and O–H groups in total. The Bertz CT molecular complexity index is 1280. The Morgan fingerprint density at radius 2 is 1.82 bits per heavy atom. The van der Waals surface area contributed by atoms with Crippen LogP contribution in [0.4, 0.5) is 4.79 Å². The van der Waals surface area contributed by atoms with Gasteiger partial charge in [-0.05, 0) is 67.3 Å². The molecule has 1 aliphatic heterocycles. The molecule has 202 valence electrons. The van der Waals surface area contributed by atoms with E-state index < -0.39 is 4.75 Å². The van der Waals surface area contributed by atoms with Gasteiger partial charge in [-0.2, -0.15) is 0 Å². The normalized spacial score (nSPS) is 20.2. The molecule has 2 amide bonds. The summed E-state index contributed by atoms with van der Waals surface area (Å²) < 4.78 is 17.0. The molecule has 2 fully saturated rings. The molecule has 0 bridgehead atoms. The minimum atomic E-state index is -0.902. The van der Waals surface area contributed by atoms with Crippen LogP contribution >= 0.6 is 11.8 Å². The average molecular weight is 537 g/mol. The lowest BCUT2D eigenvalue weighted by Gasteiger charge is -2.20. The summed E-state index contributed by atoms with van der Waals surface area (Å²) in [7, 11) is 0. The topological polar surface area (TPSA) is 90.7 Å². The fourth-order valence-electron chi connectivity index (χ4n) is 5.48. The van der Waals surface area contributed by atoms with Crippen LogP contribution in [0.2, 0.25) is 0 Å². The molecule has 1 saturated heterocycles. The Morgan fingerprint density at radius 1 is 1.05 bits per heavy atom. The summed E-state index contributed by atoms with van der Waals surface area (Å²) in [6, 6.07) is 11.5. The number of ether oxygens (including phenoxy) is 2. The Hall–Kier alpha value is -3.00. The van der Waals surface area contributed by atoms with Crippen molar-refractivity contribution in [2.24, 2.45) is 5.92 Å². The maximum absolute atomic E-state index is 12.2. The van der Waals surface area contributed by atoms with Gasteiger partial charge in [-0.25, -0.2) is 0 Å².